The second-order valence-corrected chi connectivity index (χ2v) is 7.47. The molecule has 0 aliphatic carbocycles. The number of methoxy groups -OCH3 is 1. The van der Waals surface area contributed by atoms with Gasteiger partial charge >= 0.3 is 11.9 Å². The molecule has 7 nitrogen and oxygen atoms in total. The van der Waals surface area contributed by atoms with Gasteiger partial charge < -0.3 is 19.4 Å². The van der Waals surface area contributed by atoms with Gasteiger partial charge in [0.2, 0.25) is 0 Å². The van der Waals surface area contributed by atoms with E-state index in [0.29, 0.717) is 28.3 Å². The summed E-state index contributed by atoms with van der Waals surface area (Å²) in [5.41, 5.74) is 3.04. The zero-order chi connectivity index (χ0) is 23.4. The summed E-state index contributed by atoms with van der Waals surface area (Å²) in [6, 6.07) is 18.9. The molecule has 0 atom stereocenters. The molecule has 0 saturated carbocycles. The fourth-order valence-corrected chi connectivity index (χ4v) is 3.52. The average molecular weight is 464 g/mol. The second-order valence-electron chi connectivity index (χ2n) is 7.07. The van der Waals surface area contributed by atoms with Crippen molar-refractivity contribution in [2.45, 2.75) is 6.61 Å². The van der Waals surface area contributed by atoms with Crippen LogP contribution in [0.3, 0.4) is 0 Å². The van der Waals surface area contributed by atoms with E-state index in [1.807, 2.05) is 30.3 Å². The van der Waals surface area contributed by atoms with Gasteiger partial charge in [-0.3, -0.25) is 0 Å². The SMILES string of the molecule is COc1cc(/C=C2\C(=O)ON=C2c2ccccc2)cc(Cl)c1OCc1ccc(C(=O)O)cc1. The van der Waals surface area contributed by atoms with Gasteiger partial charge in [-0.2, -0.15) is 0 Å². The Morgan fingerprint density at radius 2 is 1.85 bits per heavy atom. The van der Waals surface area contributed by atoms with Crippen molar-refractivity contribution in [2.75, 3.05) is 7.11 Å². The number of carbonyl (C=O) groups is 2. The van der Waals surface area contributed by atoms with Crippen LogP contribution < -0.4 is 9.47 Å². The average Bonchev–Trinajstić information content (AvgIpc) is 3.18. The number of oxime groups is 1. The topological polar surface area (TPSA) is 94.4 Å². The van der Waals surface area contributed by atoms with Crippen LogP contribution in [0.2, 0.25) is 5.02 Å². The third kappa shape index (κ3) is 4.88. The Kier molecular flexibility index (Phi) is 6.42. The molecule has 1 aliphatic rings. The lowest BCUT2D eigenvalue weighted by Gasteiger charge is -2.14. The Hall–Kier alpha value is -4.10. The summed E-state index contributed by atoms with van der Waals surface area (Å²) < 4.78 is 11.3. The zero-order valence-corrected chi connectivity index (χ0v) is 18.2. The van der Waals surface area contributed by atoms with E-state index in [-0.39, 0.29) is 17.2 Å². The van der Waals surface area contributed by atoms with Crippen molar-refractivity contribution in [3.05, 3.63) is 99.6 Å². The molecular weight excluding hydrogens is 446 g/mol. The Balaban J connectivity index is 1.59. The number of carboxylic acids is 1. The van der Waals surface area contributed by atoms with Crippen LogP contribution in [0.4, 0.5) is 0 Å². The van der Waals surface area contributed by atoms with E-state index in [1.165, 1.54) is 19.2 Å². The maximum Gasteiger partial charge on any atom is 0.368 e. The lowest BCUT2D eigenvalue weighted by molar-refractivity contribution is -0.136. The number of halogens is 1. The number of ether oxygens (including phenoxy) is 2. The normalized spacial score (nSPS) is 14.1. The van der Waals surface area contributed by atoms with Crippen LogP contribution in [0.15, 0.2) is 77.5 Å². The van der Waals surface area contributed by atoms with Crippen LogP contribution in [0.5, 0.6) is 11.5 Å². The van der Waals surface area contributed by atoms with E-state index in [0.717, 1.165) is 11.1 Å². The smallest absolute Gasteiger partial charge is 0.368 e. The number of hydrogen-bond donors (Lipinski definition) is 1. The Morgan fingerprint density at radius 3 is 2.52 bits per heavy atom. The summed E-state index contributed by atoms with van der Waals surface area (Å²) >= 11 is 6.46. The highest BCUT2D eigenvalue weighted by atomic mass is 35.5. The fourth-order valence-electron chi connectivity index (χ4n) is 3.24. The van der Waals surface area contributed by atoms with Crippen LogP contribution in [-0.2, 0) is 16.2 Å². The summed E-state index contributed by atoms with van der Waals surface area (Å²) in [7, 11) is 1.48. The third-order valence-electron chi connectivity index (χ3n) is 4.89. The lowest BCUT2D eigenvalue weighted by Crippen LogP contribution is -2.06. The standard InChI is InChI=1S/C25H18ClNO6/c1-31-21-13-16(11-19-22(27-33-25(19)30)17-5-3-2-4-6-17)12-20(26)23(21)32-14-15-7-9-18(10-8-15)24(28)29/h2-13H,14H2,1H3,(H,28,29)/b19-11-. The summed E-state index contributed by atoms with van der Waals surface area (Å²) in [5.74, 6) is -0.853. The highest BCUT2D eigenvalue weighted by molar-refractivity contribution is 6.33. The maximum atomic E-state index is 12.3. The monoisotopic (exact) mass is 463 g/mol. The van der Waals surface area contributed by atoms with Crippen molar-refractivity contribution < 1.29 is 29.0 Å². The first kappa shape index (κ1) is 22.1. The molecule has 3 aromatic carbocycles. The summed E-state index contributed by atoms with van der Waals surface area (Å²) in [6.07, 6.45) is 1.63. The molecule has 8 heteroatoms. The van der Waals surface area contributed by atoms with E-state index >= 15 is 0 Å². The molecule has 0 spiro atoms. The van der Waals surface area contributed by atoms with E-state index in [1.54, 1.807) is 30.3 Å². The molecule has 0 bridgehead atoms. The molecule has 0 amide bonds. The number of benzene rings is 3. The first-order chi connectivity index (χ1) is 16.0. The molecule has 0 fully saturated rings. The minimum absolute atomic E-state index is 0.160. The molecule has 4 rings (SSSR count). The predicted octanol–water partition coefficient (Wildman–Crippen LogP) is 4.97. The van der Waals surface area contributed by atoms with Gasteiger partial charge in [0.05, 0.1) is 23.3 Å². The highest BCUT2D eigenvalue weighted by Crippen LogP contribution is 2.38. The zero-order valence-electron chi connectivity index (χ0n) is 17.4. The van der Waals surface area contributed by atoms with Gasteiger partial charge in [0.25, 0.3) is 0 Å². The molecule has 3 aromatic rings. The molecule has 1 aliphatic heterocycles. The van der Waals surface area contributed by atoms with Crippen LogP contribution in [-0.4, -0.2) is 29.9 Å². The number of hydrogen-bond acceptors (Lipinski definition) is 6. The first-order valence-corrected chi connectivity index (χ1v) is 10.2. The number of rotatable bonds is 7. The highest BCUT2D eigenvalue weighted by Gasteiger charge is 2.27. The van der Waals surface area contributed by atoms with Crippen molar-refractivity contribution in [1.82, 2.24) is 0 Å². The van der Waals surface area contributed by atoms with E-state index in [2.05, 4.69) is 5.16 Å². The Bertz CT molecular complexity index is 1270. The van der Waals surface area contributed by atoms with Crippen molar-refractivity contribution >= 4 is 35.3 Å². The summed E-state index contributed by atoms with van der Waals surface area (Å²) in [4.78, 5) is 28.1. The molecule has 0 saturated heterocycles. The van der Waals surface area contributed by atoms with E-state index in [4.69, 9.17) is 31.0 Å². The summed E-state index contributed by atoms with van der Waals surface area (Å²) in [5, 5.41) is 13.2. The first-order valence-electron chi connectivity index (χ1n) is 9.85. The van der Waals surface area contributed by atoms with Crippen LogP contribution in [0, 0.1) is 0 Å². The van der Waals surface area contributed by atoms with E-state index < -0.39 is 11.9 Å². The second kappa shape index (κ2) is 9.58. The van der Waals surface area contributed by atoms with E-state index in [9.17, 15) is 9.59 Å². The van der Waals surface area contributed by atoms with Crippen molar-refractivity contribution in [3.8, 4) is 11.5 Å². The van der Waals surface area contributed by atoms with Crippen molar-refractivity contribution in [1.29, 1.82) is 0 Å². The van der Waals surface area contributed by atoms with Crippen LogP contribution >= 0.6 is 11.6 Å². The molecular formula is C25H18ClNO6. The quantitative estimate of drug-likeness (QED) is 0.392. The van der Waals surface area contributed by atoms with Crippen LogP contribution in [0.1, 0.15) is 27.0 Å². The third-order valence-corrected chi connectivity index (χ3v) is 5.17. The van der Waals surface area contributed by atoms with Crippen LogP contribution in [0.25, 0.3) is 6.08 Å². The van der Waals surface area contributed by atoms with Gasteiger partial charge in [-0.1, -0.05) is 59.2 Å². The Labute approximate surface area is 194 Å². The Morgan fingerprint density at radius 1 is 1.12 bits per heavy atom. The maximum absolute atomic E-state index is 12.3. The number of nitrogens with zero attached hydrogens (tertiary/aromatic N) is 1. The molecule has 0 unspecified atom stereocenters. The molecule has 0 radical (unpaired) electrons. The number of carboxylic acid groups (broad SMARTS) is 1. The van der Waals surface area contributed by atoms with Gasteiger partial charge in [-0.05, 0) is 41.5 Å². The largest absolute Gasteiger partial charge is 0.493 e. The molecule has 1 heterocycles. The summed E-state index contributed by atoms with van der Waals surface area (Å²) in [6.45, 7) is 0.160. The molecule has 33 heavy (non-hydrogen) atoms. The van der Waals surface area contributed by atoms with Gasteiger partial charge in [0.1, 0.15) is 12.3 Å². The van der Waals surface area contributed by atoms with Crippen molar-refractivity contribution in [2.24, 2.45) is 5.16 Å². The van der Waals surface area contributed by atoms with Gasteiger partial charge in [0.15, 0.2) is 11.5 Å². The molecule has 0 aromatic heterocycles. The van der Waals surface area contributed by atoms with Gasteiger partial charge in [-0.25, -0.2) is 9.59 Å². The molecule has 1 N–H and O–H groups in total. The number of carbonyl (C=O) groups excluding carboxylic acids is 1. The minimum atomic E-state index is -0.997. The van der Waals surface area contributed by atoms with Crippen molar-refractivity contribution in [3.63, 3.8) is 0 Å². The minimum Gasteiger partial charge on any atom is -0.493 e. The van der Waals surface area contributed by atoms with Gasteiger partial charge in [0, 0.05) is 5.56 Å². The number of aromatic carboxylic acids is 1. The van der Waals surface area contributed by atoms with Gasteiger partial charge in [-0.15, -0.1) is 0 Å². The lowest BCUT2D eigenvalue weighted by atomic mass is 10.0. The fraction of sp³-hybridized carbons (Fsp3) is 0.0800. The predicted molar refractivity (Wildman–Crippen MR) is 123 cm³/mol. The molecule has 166 valence electrons.